The Labute approximate surface area is 151 Å². The molecular weight excluding hydrogens is 345 g/mol. The summed E-state index contributed by atoms with van der Waals surface area (Å²) in [5.41, 5.74) is 1.50. The molecule has 126 valence electrons. The number of hydrogen-bond acceptors (Lipinski definition) is 3. The summed E-state index contributed by atoms with van der Waals surface area (Å²) in [5.74, 6) is 0.550. The summed E-state index contributed by atoms with van der Waals surface area (Å²) in [5, 5.41) is 4.29. The molecule has 0 saturated carbocycles. The molecule has 4 nitrogen and oxygen atoms in total. The van der Waals surface area contributed by atoms with Gasteiger partial charge in [0, 0.05) is 30.9 Å². The zero-order chi connectivity index (χ0) is 16.9. The minimum absolute atomic E-state index is 0.00162. The Morgan fingerprint density at radius 3 is 2.58 bits per heavy atom. The fourth-order valence-electron chi connectivity index (χ4n) is 2.79. The molecule has 1 aliphatic rings. The molecule has 0 bridgehead atoms. The number of aromatic nitrogens is 1. The van der Waals surface area contributed by atoms with Crippen molar-refractivity contribution in [1.29, 1.82) is 0 Å². The van der Waals surface area contributed by atoms with E-state index in [-0.39, 0.29) is 5.91 Å². The summed E-state index contributed by atoms with van der Waals surface area (Å²) >= 11 is 12.4. The van der Waals surface area contributed by atoms with Gasteiger partial charge in [-0.15, -0.1) is 0 Å². The fraction of sp³-hybridized carbons (Fsp3) is 0.333. The number of hydrogen-bond donors (Lipinski definition) is 1. The van der Waals surface area contributed by atoms with E-state index in [2.05, 4.69) is 10.3 Å². The Balaban J connectivity index is 1.68. The Hall–Kier alpha value is -1.78. The highest BCUT2D eigenvalue weighted by atomic mass is 35.5. The first-order valence-corrected chi connectivity index (χ1v) is 8.83. The van der Waals surface area contributed by atoms with E-state index in [1.165, 1.54) is 6.42 Å². The molecule has 0 spiro atoms. The van der Waals surface area contributed by atoms with Crippen LogP contribution in [0.3, 0.4) is 0 Å². The van der Waals surface area contributed by atoms with Crippen molar-refractivity contribution in [2.45, 2.75) is 25.8 Å². The van der Waals surface area contributed by atoms with Crippen LogP contribution >= 0.6 is 23.2 Å². The molecule has 1 fully saturated rings. The molecule has 0 radical (unpaired) electrons. The van der Waals surface area contributed by atoms with E-state index in [0.29, 0.717) is 28.0 Å². The average Bonchev–Trinajstić information content (AvgIpc) is 2.62. The van der Waals surface area contributed by atoms with Gasteiger partial charge in [0.05, 0.1) is 10.6 Å². The Bertz CT molecular complexity index is 730. The predicted molar refractivity (Wildman–Crippen MR) is 97.8 cm³/mol. The van der Waals surface area contributed by atoms with E-state index in [9.17, 15) is 4.79 Å². The van der Waals surface area contributed by atoms with Gasteiger partial charge in [-0.3, -0.25) is 4.79 Å². The van der Waals surface area contributed by atoms with Gasteiger partial charge in [-0.05, 0) is 37.0 Å². The van der Waals surface area contributed by atoms with E-state index in [1.54, 1.807) is 12.3 Å². The van der Waals surface area contributed by atoms with Gasteiger partial charge >= 0.3 is 0 Å². The number of pyridine rings is 1. The monoisotopic (exact) mass is 363 g/mol. The smallest absolute Gasteiger partial charge is 0.255 e. The lowest BCUT2D eigenvalue weighted by molar-refractivity contribution is 0.0724. The summed E-state index contributed by atoms with van der Waals surface area (Å²) in [6.07, 6.45) is 4.89. The van der Waals surface area contributed by atoms with Crippen molar-refractivity contribution in [1.82, 2.24) is 9.88 Å². The third-order valence-electron chi connectivity index (χ3n) is 4.14. The number of benzene rings is 1. The first-order chi connectivity index (χ1) is 11.6. The lowest BCUT2D eigenvalue weighted by Gasteiger charge is -2.26. The number of carbonyl (C=O) groups is 1. The average molecular weight is 364 g/mol. The van der Waals surface area contributed by atoms with Gasteiger partial charge in [0.1, 0.15) is 5.82 Å². The quantitative estimate of drug-likeness (QED) is 0.861. The summed E-state index contributed by atoms with van der Waals surface area (Å²) in [7, 11) is 0. The maximum Gasteiger partial charge on any atom is 0.255 e. The second kappa shape index (κ2) is 7.86. The van der Waals surface area contributed by atoms with Crippen LogP contribution in [0.4, 0.5) is 5.82 Å². The topological polar surface area (TPSA) is 45.2 Å². The largest absolute Gasteiger partial charge is 0.365 e. The number of halogens is 2. The third-order valence-corrected chi connectivity index (χ3v) is 4.79. The van der Waals surface area contributed by atoms with Crippen molar-refractivity contribution in [3.05, 3.63) is 57.7 Å². The zero-order valence-corrected chi connectivity index (χ0v) is 14.8. The predicted octanol–water partition coefficient (Wildman–Crippen LogP) is 4.63. The second-order valence-electron chi connectivity index (χ2n) is 5.85. The first-order valence-electron chi connectivity index (χ1n) is 8.07. The molecule has 1 aromatic heterocycles. The number of nitrogens with one attached hydrogen (secondary N) is 1. The molecule has 0 aliphatic carbocycles. The number of piperidine rings is 1. The molecule has 1 saturated heterocycles. The molecule has 1 amide bonds. The summed E-state index contributed by atoms with van der Waals surface area (Å²) in [4.78, 5) is 18.7. The van der Waals surface area contributed by atoms with Gasteiger partial charge < -0.3 is 10.2 Å². The lowest BCUT2D eigenvalue weighted by Crippen LogP contribution is -2.35. The van der Waals surface area contributed by atoms with Crippen LogP contribution in [0.1, 0.15) is 35.2 Å². The van der Waals surface area contributed by atoms with Crippen LogP contribution in [0.5, 0.6) is 0 Å². The van der Waals surface area contributed by atoms with Crippen molar-refractivity contribution in [2.75, 3.05) is 18.4 Å². The fourth-order valence-corrected chi connectivity index (χ4v) is 3.22. The van der Waals surface area contributed by atoms with E-state index in [4.69, 9.17) is 23.2 Å². The molecule has 1 N–H and O–H groups in total. The van der Waals surface area contributed by atoms with Gasteiger partial charge in [-0.25, -0.2) is 4.98 Å². The van der Waals surface area contributed by atoms with Crippen LogP contribution < -0.4 is 5.32 Å². The third kappa shape index (κ3) is 4.00. The highest BCUT2D eigenvalue weighted by molar-refractivity contribution is 6.33. The van der Waals surface area contributed by atoms with Gasteiger partial charge in [0.25, 0.3) is 5.91 Å². The van der Waals surface area contributed by atoms with Crippen LogP contribution in [0.2, 0.25) is 10.0 Å². The molecule has 2 aromatic rings. The molecule has 2 heterocycles. The first kappa shape index (κ1) is 17.1. The van der Waals surface area contributed by atoms with Crippen molar-refractivity contribution in [3.63, 3.8) is 0 Å². The van der Waals surface area contributed by atoms with Crippen LogP contribution in [0.15, 0.2) is 36.5 Å². The van der Waals surface area contributed by atoms with E-state index in [1.807, 2.05) is 29.2 Å². The molecule has 6 heteroatoms. The molecule has 0 atom stereocenters. The maximum atomic E-state index is 12.5. The highest BCUT2D eigenvalue weighted by Crippen LogP contribution is 2.23. The normalized spacial score (nSPS) is 14.5. The van der Waals surface area contributed by atoms with Gasteiger partial charge in [-0.1, -0.05) is 41.4 Å². The SMILES string of the molecule is O=C(c1cnc(NCc2ccccc2Cl)c(Cl)c1)N1CCCCC1. The number of likely N-dealkylation sites (tertiary alicyclic amines) is 1. The summed E-state index contributed by atoms with van der Waals surface area (Å²) in [6.45, 7) is 2.14. The zero-order valence-electron chi connectivity index (χ0n) is 13.3. The Morgan fingerprint density at radius 2 is 1.88 bits per heavy atom. The molecule has 1 aliphatic heterocycles. The van der Waals surface area contributed by atoms with Crippen molar-refractivity contribution in [3.8, 4) is 0 Å². The van der Waals surface area contributed by atoms with Gasteiger partial charge in [0.15, 0.2) is 0 Å². The number of amides is 1. The van der Waals surface area contributed by atoms with Crippen molar-refractivity contribution >= 4 is 34.9 Å². The van der Waals surface area contributed by atoms with Crippen LogP contribution in [0, 0.1) is 0 Å². The van der Waals surface area contributed by atoms with Gasteiger partial charge in [-0.2, -0.15) is 0 Å². The Morgan fingerprint density at radius 1 is 1.12 bits per heavy atom. The number of anilines is 1. The molecule has 1 aromatic carbocycles. The van der Waals surface area contributed by atoms with E-state index < -0.39 is 0 Å². The van der Waals surface area contributed by atoms with Gasteiger partial charge in [0.2, 0.25) is 0 Å². The van der Waals surface area contributed by atoms with E-state index in [0.717, 1.165) is 31.5 Å². The van der Waals surface area contributed by atoms with Crippen molar-refractivity contribution in [2.24, 2.45) is 0 Å². The minimum Gasteiger partial charge on any atom is -0.365 e. The maximum absolute atomic E-state index is 12.5. The van der Waals surface area contributed by atoms with Crippen LogP contribution in [-0.2, 0) is 6.54 Å². The molecule has 0 unspecified atom stereocenters. The molecule has 3 rings (SSSR count). The number of rotatable bonds is 4. The lowest BCUT2D eigenvalue weighted by atomic mass is 10.1. The summed E-state index contributed by atoms with van der Waals surface area (Å²) < 4.78 is 0. The van der Waals surface area contributed by atoms with Crippen LogP contribution in [0.25, 0.3) is 0 Å². The second-order valence-corrected chi connectivity index (χ2v) is 6.67. The van der Waals surface area contributed by atoms with E-state index >= 15 is 0 Å². The van der Waals surface area contributed by atoms with Crippen LogP contribution in [-0.4, -0.2) is 28.9 Å². The molecule has 24 heavy (non-hydrogen) atoms. The molecular formula is C18H19Cl2N3O. The standard InChI is InChI=1S/C18H19Cl2N3O/c19-15-7-3-2-6-13(15)11-21-17-16(20)10-14(12-22-17)18(24)23-8-4-1-5-9-23/h2-3,6-7,10,12H,1,4-5,8-9,11H2,(H,21,22). The Kier molecular flexibility index (Phi) is 5.59. The summed E-state index contributed by atoms with van der Waals surface area (Å²) in [6, 6.07) is 9.28. The van der Waals surface area contributed by atoms with Crippen molar-refractivity contribution < 1.29 is 4.79 Å². The number of carbonyl (C=O) groups excluding carboxylic acids is 1. The minimum atomic E-state index is 0.00162. The highest BCUT2D eigenvalue weighted by Gasteiger charge is 2.19. The number of nitrogens with zero attached hydrogens (tertiary/aromatic N) is 2.